The van der Waals surface area contributed by atoms with Gasteiger partial charge in [-0.25, -0.2) is 14.5 Å². The number of ether oxygens (including phenoxy) is 2. The fourth-order valence-corrected chi connectivity index (χ4v) is 4.35. The second kappa shape index (κ2) is 9.19. The highest BCUT2D eigenvalue weighted by Gasteiger charge is 2.31. The molecule has 10 heteroatoms. The fourth-order valence-electron chi connectivity index (χ4n) is 4.35. The van der Waals surface area contributed by atoms with Crippen LogP contribution in [0.25, 0.3) is 28.4 Å². The summed E-state index contributed by atoms with van der Waals surface area (Å²) in [6, 6.07) is 2.64. The Labute approximate surface area is 198 Å². The molecule has 1 aliphatic rings. The van der Waals surface area contributed by atoms with Crippen molar-refractivity contribution in [3.8, 4) is 22.9 Å². The molecule has 0 aromatic carbocycles. The number of imidazole rings is 1. The van der Waals surface area contributed by atoms with E-state index in [1.165, 1.54) is 0 Å². The molecule has 5 rings (SSSR count). The first-order valence-corrected chi connectivity index (χ1v) is 11.7. The van der Waals surface area contributed by atoms with E-state index in [-0.39, 0.29) is 6.10 Å². The summed E-state index contributed by atoms with van der Waals surface area (Å²) in [5, 5.41) is 13.2. The van der Waals surface area contributed by atoms with Crippen LogP contribution in [0.15, 0.2) is 30.9 Å². The van der Waals surface area contributed by atoms with Gasteiger partial charge in [0.2, 0.25) is 5.82 Å². The second-order valence-corrected chi connectivity index (χ2v) is 9.18. The van der Waals surface area contributed by atoms with Crippen LogP contribution in [0.3, 0.4) is 0 Å². The van der Waals surface area contributed by atoms with Gasteiger partial charge < -0.3 is 19.4 Å². The average Bonchev–Trinajstić information content (AvgIpc) is 3.50. The first-order chi connectivity index (χ1) is 16.4. The van der Waals surface area contributed by atoms with Crippen molar-refractivity contribution >= 4 is 11.3 Å². The lowest BCUT2D eigenvalue weighted by Gasteiger charge is -2.36. The van der Waals surface area contributed by atoms with E-state index in [0.29, 0.717) is 31.1 Å². The van der Waals surface area contributed by atoms with Crippen LogP contribution < -0.4 is 5.32 Å². The SMILES string of the molecule is COCCOC1CC(Nc2nc(-c3nccn3C)nn3cc(-c4ccn(C(C)C)n4)c(C)c23)C1. The molecule has 0 amide bonds. The summed E-state index contributed by atoms with van der Waals surface area (Å²) in [5.74, 6) is 2.10. The van der Waals surface area contributed by atoms with E-state index in [4.69, 9.17) is 24.7 Å². The summed E-state index contributed by atoms with van der Waals surface area (Å²) in [4.78, 5) is 9.38. The molecule has 0 spiro atoms. The summed E-state index contributed by atoms with van der Waals surface area (Å²) in [6.45, 7) is 7.59. The Morgan fingerprint density at radius 3 is 2.68 bits per heavy atom. The van der Waals surface area contributed by atoms with E-state index >= 15 is 0 Å². The third-order valence-electron chi connectivity index (χ3n) is 6.40. The number of aromatic nitrogens is 7. The number of nitrogens with one attached hydrogen (secondary N) is 1. The van der Waals surface area contributed by atoms with E-state index in [1.54, 1.807) is 13.3 Å². The van der Waals surface area contributed by atoms with Crippen molar-refractivity contribution < 1.29 is 9.47 Å². The Hall–Kier alpha value is -3.24. The summed E-state index contributed by atoms with van der Waals surface area (Å²) >= 11 is 0. The third kappa shape index (κ3) is 4.19. The molecule has 0 unspecified atom stereocenters. The number of hydrogen-bond donors (Lipinski definition) is 1. The van der Waals surface area contributed by atoms with E-state index in [2.05, 4.69) is 37.1 Å². The quantitative estimate of drug-likeness (QED) is 0.379. The van der Waals surface area contributed by atoms with Crippen molar-refractivity contribution in [2.45, 2.75) is 51.8 Å². The number of nitrogens with zero attached hydrogens (tertiary/aromatic N) is 7. The number of anilines is 1. The van der Waals surface area contributed by atoms with Crippen LogP contribution >= 0.6 is 0 Å². The standard InChI is InChI=1S/C24H32N8O2/c1-15(2)31-8-6-20(28-31)19-14-32-21(16(19)3)22(26-17-12-18(13-17)34-11-10-33-5)27-23(29-32)24-25-7-9-30(24)4/h6-9,14-15,17-18H,10-13H2,1-5H3,(H,26,27,29). The summed E-state index contributed by atoms with van der Waals surface area (Å²) < 4.78 is 16.7. The number of hydrogen-bond acceptors (Lipinski definition) is 7. The molecule has 4 aromatic rings. The Morgan fingerprint density at radius 2 is 2.00 bits per heavy atom. The Morgan fingerprint density at radius 1 is 1.18 bits per heavy atom. The molecule has 4 aromatic heterocycles. The zero-order valence-corrected chi connectivity index (χ0v) is 20.4. The lowest BCUT2D eigenvalue weighted by Crippen LogP contribution is -2.41. The molecule has 0 bridgehead atoms. The normalized spacial score (nSPS) is 18.1. The van der Waals surface area contributed by atoms with Crippen LogP contribution in [0.2, 0.25) is 0 Å². The summed E-state index contributed by atoms with van der Waals surface area (Å²) in [6.07, 6.45) is 9.83. The van der Waals surface area contributed by atoms with Crippen LogP contribution in [-0.4, -0.2) is 66.4 Å². The van der Waals surface area contributed by atoms with Crippen molar-refractivity contribution in [2.24, 2.45) is 7.05 Å². The number of aryl methyl sites for hydroxylation is 2. The van der Waals surface area contributed by atoms with Crippen molar-refractivity contribution in [2.75, 3.05) is 25.6 Å². The van der Waals surface area contributed by atoms with E-state index in [1.807, 2.05) is 39.4 Å². The molecule has 1 N–H and O–H groups in total. The van der Waals surface area contributed by atoms with Crippen LogP contribution in [0.1, 0.15) is 38.3 Å². The molecule has 10 nitrogen and oxygen atoms in total. The van der Waals surface area contributed by atoms with Gasteiger partial charge in [0.05, 0.1) is 25.0 Å². The van der Waals surface area contributed by atoms with Gasteiger partial charge in [-0.05, 0) is 45.2 Å². The highest BCUT2D eigenvalue weighted by atomic mass is 16.5. The van der Waals surface area contributed by atoms with Gasteiger partial charge in [0.15, 0.2) is 11.6 Å². The zero-order valence-electron chi connectivity index (χ0n) is 20.4. The minimum atomic E-state index is 0.253. The molecular formula is C24H32N8O2. The van der Waals surface area contributed by atoms with Gasteiger partial charge in [-0.1, -0.05) is 0 Å². The number of rotatable bonds is 9. The minimum Gasteiger partial charge on any atom is -0.382 e. The fraction of sp³-hybridized carbons (Fsp3) is 0.500. The maximum atomic E-state index is 5.85. The predicted molar refractivity (Wildman–Crippen MR) is 130 cm³/mol. The molecule has 1 saturated carbocycles. The minimum absolute atomic E-state index is 0.253. The van der Waals surface area contributed by atoms with Gasteiger partial charge in [-0.2, -0.15) is 5.10 Å². The molecule has 1 fully saturated rings. The maximum Gasteiger partial charge on any atom is 0.218 e. The zero-order chi connectivity index (χ0) is 23.8. The van der Waals surface area contributed by atoms with Crippen molar-refractivity contribution in [1.29, 1.82) is 0 Å². The molecule has 4 heterocycles. The van der Waals surface area contributed by atoms with Crippen molar-refractivity contribution in [3.63, 3.8) is 0 Å². The molecule has 34 heavy (non-hydrogen) atoms. The number of fused-ring (bicyclic) bond motifs is 1. The largest absolute Gasteiger partial charge is 0.382 e. The van der Waals surface area contributed by atoms with Crippen LogP contribution in [0, 0.1) is 6.92 Å². The van der Waals surface area contributed by atoms with Gasteiger partial charge >= 0.3 is 0 Å². The first-order valence-electron chi connectivity index (χ1n) is 11.7. The van der Waals surface area contributed by atoms with Gasteiger partial charge in [-0.15, -0.1) is 5.10 Å². The van der Waals surface area contributed by atoms with Gasteiger partial charge in [0.25, 0.3) is 0 Å². The molecule has 1 aliphatic carbocycles. The Balaban J connectivity index is 1.50. The average molecular weight is 465 g/mol. The highest BCUT2D eigenvalue weighted by Crippen LogP contribution is 2.34. The summed E-state index contributed by atoms with van der Waals surface area (Å²) in [5.41, 5.74) is 4.02. The Bertz CT molecular complexity index is 1280. The van der Waals surface area contributed by atoms with Crippen LogP contribution in [-0.2, 0) is 16.5 Å². The van der Waals surface area contributed by atoms with Crippen molar-refractivity contribution in [3.05, 3.63) is 36.4 Å². The van der Waals surface area contributed by atoms with Gasteiger partial charge in [-0.3, -0.25) is 4.68 Å². The maximum absolute atomic E-state index is 5.85. The number of methoxy groups -OCH3 is 1. The van der Waals surface area contributed by atoms with Gasteiger partial charge in [0.1, 0.15) is 5.52 Å². The molecular weight excluding hydrogens is 432 g/mol. The lowest BCUT2D eigenvalue weighted by atomic mass is 9.89. The molecule has 180 valence electrons. The Kier molecular flexibility index (Phi) is 6.09. The molecule has 0 aliphatic heterocycles. The summed E-state index contributed by atoms with van der Waals surface area (Å²) in [7, 11) is 3.64. The first kappa shape index (κ1) is 22.5. The van der Waals surface area contributed by atoms with Crippen LogP contribution in [0.5, 0.6) is 0 Å². The molecule has 0 saturated heterocycles. The smallest absolute Gasteiger partial charge is 0.218 e. The molecule has 0 atom stereocenters. The van der Waals surface area contributed by atoms with E-state index < -0.39 is 0 Å². The van der Waals surface area contributed by atoms with Crippen molar-refractivity contribution in [1.82, 2.24) is 33.9 Å². The third-order valence-corrected chi connectivity index (χ3v) is 6.40. The topological polar surface area (TPSA) is 96.3 Å². The monoisotopic (exact) mass is 464 g/mol. The van der Waals surface area contributed by atoms with E-state index in [9.17, 15) is 0 Å². The van der Waals surface area contributed by atoms with Gasteiger partial charge in [0, 0.05) is 56.6 Å². The van der Waals surface area contributed by atoms with Crippen LogP contribution in [0.4, 0.5) is 5.82 Å². The highest BCUT2D eigenvalue weighted by molar-refractivity contribution is 5.82. The predicted octanol–water partition coefficient (Wildman–Crippen LogP) is 3.49. The molecule has 0 radical (unpaired) electrons. The lowest BCUT2D eigenvalue weighted by molar-refractivity contribution is -0.0261. The second-order valence-electron chi connectivity index (χ2n) is 9.18. The van der Waals surface area contributed by atoms with E-state index in [0.717, 1.165) is 46.8 Å².